The van der Waals surface area contributed by atoms with Gasteiger partial charge in [0.15, 0.2) is 0 Å². The monoisotopic (exact) mass is 211 g/mol. The van der Waals surface area contributed by atoms with Crippen molar-refractivity contribution in [1.82, 2.24) is 4.90 Å². The molecule has 1 aliphatic carbocycles. The Labute approximate surface area is 91.5 Å². The fraction of sp³-hybridized carbons (Fsp3) is 0.917. The molecule has 0 aromatic rings. The van der Waals surface area contributed by atoms with Crippen LogP contribution in [0, 0.1) is 11.8 Å². The van der Waals surface area contributed by atoms with Gasteiger partial charge in [0.1, 0.15) is 6.04 Å². The third-order valence-corrected chi connectivity index (χ3v) is 4.35. The first kappa shape index (κ1) is 10.9. The van der Waals surface area contributed by atoms with Gasteiger partial charge in [-0.3, -0.25) is 9.69 Å². The SMILES string of the molecule is CC1CCN(C(C)C2CCC2)C1C(=O)O. The van der Waals surface area contributed by atoms with Gasteiger partial charge in [-0.2, -0.15) is 0 Å². The molecule has 0 aromatic heterocycles. The summed E-state index contributed by atoms with van der Waals surface area (Å²) in [6, 6.07) is 0.227. The summed E-state index contributed by atoms with van der Waals surface area (Å²) in [7, 11) is 0. The van der Waals surface area contributed by atoms with Crippen LogP contribution < -0.4 is 0 Å². The van der Waals surface area contributed by atoms with E-state index in [0.717, 1.165) is 18.9 Å². The van der Waals surface area contributed by atoms with Crippen LogP contribution in [-0.4, -0.2) is 34.6 Å². The van der Waals surface area contributed by atoms with E-state index in [0.29, 0.717) is 12.0 Å². The maximum atomic E-state index is 11.2. The Hall–Kier alpha value is -0.570. The summed E-state index contributed by atoms with van der Waals surface area (Å²) in [5.41, 5.74) is 0. The van der Waals surface area contributed by atoms with Crippen molar-refractivity contribution in [2.24, 2.45) is 11.8 Å². The summed E-state index contributed by atoms with van der Waals surface area (Å²) in [5, 5.41) is 9.23. The van der Waals surface area contributed by atoms with E-state index in [2.05, 4.69) is 18.7 Å². The number of carbonyl (C=O) groups is 1. The summed E-state index contributed by atoms with van der Waals surface area (Å²) in [4.78, 5) is 13.4. The molecule has 0 aromatic carbocycles. The second-order valence-corrected chi connectivity index (χ2v) is 5.22. The lowest BCUT2D eigenvalue weighted by atomic mass is 9.79. The van der Waals surface area contributed by atoms with Gasteiger partial charge in [-0.25, -0.2) is 0 Å². The molecule has 1 saturated carbocycles. The fourth-order valence-electron chi connectivity index (χ4n) is 3.01. The highest BCUT2D eigenvalue weighted by molar-refractivity contribution is 5.74. The van der Waals surface area contributed by atoms with E-state index in [1.54, 1.807) is 0 Å². The molecule has 86 valence electrons. The van der Waals surface area contributed by atoms with Crippen LogP contribution in [0.1, 0.15) is 39.5 Å². The molecular formula is C12H21NO2. The molecule has 3 heteroatoms. The minimum atomic E-state index is -0.633. The number of hydrogen-bond donors (Lipinski definition) is 1. The Bertz CT molecular complexity index is 250. The summed E-state index contributed by atoms with van der Waals surface area (Å²) >= 11 is 0. The second-order valence-electron chi connectivity index (χ2n) is 5.22. The predicted molar refractivity (Wildman–Crippen MR) is 58.7 cm³/mol. The Morgan fingerprint density at radius 3 is 2.53 bits per heavy atom. The molecule has 1 N–H and O–H groups in total. The molecule has 2 aliphatic rings. The molecule has 0 amide bonds. The number of aliphatic carboxylic acids is 1. The smallest absolute Gasteiger partial charge is 0.321 e. The molecule has 1 aliphatic heterocycles. The quantitative estimate of drug-likeness (QED) is 0.776. The van der Waals surface area contributed by atoms with Crippen molar-refractivity contribution in [3.63, 3.8) is 0 Å². The first-order valence-electron chi connectivity index (χ1n) is 6.10. The highest BCUT2D eigenvalue weighted by atomic mass is 16.4. The molecule has 1 heterocycles. The van der Waals surface area contributed by atoms with Crippen LogP contribution in [0.5, 0.6) is 0 Å². The molecular weight excluding hydrogens is 190 g/mol. The first-order chi connectivity index (χ1) is 7.11. The Kier molecular flexibility index (Phi) is 3.01. The third kappa shape index (κ3) is 1.89. The van der Waals surface area contributed by atoms with E-state index in [4.69, 9.17) is 0 Å². The summed E-state index contributed by atoms with van der Waals surface area (Å²) in [6.07, 6.45) is 4.95. The van der Waals surface area contributed by atoms with Gasteiger partial charge < -0.3 is 5.11 Å². The van der Waals surface area contributed by atoms with Gasteiger partial charge in [-0.05, 0) is 44.6 Å². The van der Waals surface area contributed by atoms with Crippen LogP contribution in [0.25, 0.3) is 0 Å². The molecule has 3 nitrogen and oxygen atoms in total. The van der Waals surface area contributed by atoms with Crippen LogP contribution in [0.2, 0.25) is 0 Å². The third-order valence-electron chi connectivity index (χ3n) is 4.35. The molecule has 3 atom stereocenters. The zero-order valence-electron chi connectivity index (χ0n) is 9.65. The van der Waals surface area contributed by atoms with Crippen molar-refractivity contribution >= 4 is 5.97 Å². The van der Waals surface area contributed by atoms with Crippen molar-refractivity contribution in [1.29, 1.82) is 0 Å². The zero-order valence-corrected chi connectivity index (χ0v) is 9.65. The summed E-state index contributed by atoms with van der Waals surface area (Å²) < 4.78 is 0. The molecule has 0 radical (unpaired) electrons. The van der Waals surface area contributed by atoms with E-state index in [1.165, 1.54) is 19.3 Å². The number of nitrogens with zero attached hydrogens (tertiary/aromatic N) is 1. The van der Waals surface area contributed by atoms with Crippen LogP contribution in [-0.2, 0) is 4.79 Å². The minimum absolute atomic E-state index is 0.236. The van der Waals surface area contributed by atoms with Crippen molar-refractivity contribution in [2.75, 3.05) is 6.54 Å². The number of carboxylic acids is 1. The first-order valence-corrected chi connectivity index (χ1v) is 6.10. The minimum Gasteiger partial charge on any atom is -0.480 e. The predicted octanol–water partition coefficient (Wildman–Crippen LogP) is 1.97. The van der Waals surface area contributed by atoms with Gasteiger partial charge in [0, 0.05) is 6.04 Å². The van der Waals surface area contributed by atoms with E-state index in [-0.39, 0.29) is 6.04 Å². The van der Waals surface area contributed by atoms with Crippen molar-refractivity contribution in [3.05, 3.63) is 0 Å². The summed E-state index contributed by atoms with van der Waals surface area (Å²) in [5.74, 6) is 0.424. The van der Waals surface area contributed by atoms with Gasteiger partial charge in [-0.1, -0.05) is 13.3 Å². The van der Waals surface area contributed by atoms with E-state index < -0.39 is 5.97 Å². The average molecular weight is 211 g/mol. The molecule has 1 saturated heterocycles. The van der Waals surface area contributed by atoms with Gasteiger partial charge in [0.25, 0.3) is 0 Å². The van der Waals surface area contributed by atoms with Gasteiger partial charge >= 0.3 is 5.97 Å². The highest BCUT2D eigenvalue weighted by Crippen LogP contribution is 2.36. The van der Waals surface area contributed by atoms with E-state index >= 15 is 0 Å². The molecule has 2 fully saturated rings. The van der Waals surface area contributed by atoms with Gasteiger partial charge in [-0.15, -0.1) is 0 Å². The van der Waals surface area contributed by atoms with Crippen molar-refractivity contribution in [3.8, 4) is 0 Å². The van der Waals surface area contributed by atoms with Crippen LogP contribution in [0.3, 0.4) is 0 Å². The normalized spacial score (nSPS) is 35.1. The largest absolute Gasteiger partial charge is 0.480 e. The van der Waals surface area contributed by atoms with Crippen LogP contribution >= 0.6 is 0 Å². The standard InChI is InChI=1S/C12H21NO2/c1-8-6-7-13(11(8)12(14)15)9(2)10-4-3-5-10/h8-11H,3-7H2,1-2H3,(H,14,15). The van der Waals surface area contributed by atoms with E-state index in [1.807, 2.05) is 0 Å². The lowest BCUT2D eigenvalue weighted by Gasteiger charge is -2.39. The lowest BCUT2D eigenvalue weighted by molar-refractivity contribution is -0.144. The average Bonchev–Trinajstić information content (AvgIpc) is 2.43. The fourth-order valence-corrected chi connectivity index (χ4v) is 3.01. The number of likely N-dealkylation sites (tertiary alicyclic amines) is 1. The van der Waals surface area contributed by atoms with Crippen molar-refractivity contribution < 1.29 is 9.90 Å². The summed E-state index contributed by atoms with van der Waals surface area (Å²) in [6.45, 7) is 5.24. The Morgan fingerprint density at radius 1 is 1.40 bits per heavy atom. The Balaban J connectivity index is 2.03. The molecule has 0 spiro atoms. The number of rotatable bonds is 3. The zero-order chi connectivity index (χ0) is 11.0. The van der Waals surface area contributed by atoms with Crippen molar-refractivity contribution in [2.45, 2.75) is 51.6 Å². The molecule has 3 unspecified atom stereocenters. The maximum Gasteiger partial charge on any atom is 0.321 e. The van der Waals surface area contributed by atoms with Gasteiger partial charge in [0.05, 0.1) is 0 Å². The highest BCUT2D eigenvalue weighted by Gasteiger charge is 2.41. The lowest BCUT2D eigenvalue weighted by Crippen LogP contribution is -2.48. The molecule has 2 rings (SSSR count). The number of carboxylic acid groups (broad SMARTS) is 1. The maximum absolute atomic E-state index is 11.2. The van der Waals surface area contributed by atoms with E-state index in [9.17, 15) is 9.90 Å². The van der Waals surface area contributed by atoms with Crippen LogP contribution in [0.4, 0.5) is 0 Å². The van der Waals surface area contributed by atoms with Crippen LogP contribution in [0.15, 0.2) is 0 Å². The Morgan fingerprint density at radius 2 is 2.07 bits per heavy atom. The van der Waals surface area contributed by atoms with Gasteiger partial charge in [0.2, 0.25) is 0 Å². The topological polar surface area (TPSA) is 40.5 Å². The molecule has 0 bridgehead atoms. The number of hydrogen-bond acceptors (Lipinski definition) is 2. The second kappa shape index (κ2) is 4.12. The molecule has 15 heavy (non-hydrogen) atoms.